The van der Waals surface area contributed by atoms with Crippen LogP contribution in [0.3, 0.4) is 0 Å². The molecule has 8 rings (SSSR count). The lowest BCUT2D eigenvalue weighted by Gasteiger charge is -2.40. The summed E-state index contributed by atoms with van der Waals surface area (Å²) in [7, 11) is 0. The average molecular weight is 791 g/mol. The lowest BCUT2D eigenvalue weighted by Crippen LogP contribution is -2.51. The van der Waals surface area contributed by atoms with Gasteiger partial charge in [-0.1, -0.05) is 24.2 Å². The number of nitrogens with one attached hydrogen (secondary N) is 2. The van der Waals surface area contributed by atoms with Crippen LogP contribution in [0.25, 0.3) is 4.85 Å². The number of rotatable bonds is 9. The van der Waals surface area contributed by atoms with Crippen molar-refractivity contribution in [3.63, 3.8) is 0 Å². The van der Waals surface area contributed by atoms with E-state index in [9.17, 15) is 19.2 Å². The van der Waals surface area contributed by atoms with Crippen LogP contribution in [0.15, 0.2) is 67.0 Å². The zero-order chi connectivity index (χ0) is 39.6. The molecule has 57 heavy (non-hydrogen) atoms. The number of benzene rings is 2. The Morgan fingerprint density at radius 3 is 2.33 bits per heavy atom. The summed E-state index contributed by atoms with van der Waals surface area (Å²) < 4.78 is 6.10. The molecule has 0 spiro atoms. The predicted molar refractivity (Wildman–Crippen MR) is 217 cm³/mol. The molecule has 2 aromatic carbocycles. The van der Waals surface area contributed by atoms with Crippen LogP contribution >= 0.6 is 11.6 Å². The van der Waals surface area contributed by atoms with Crippen LogP contribution in [0.2, 0.25) is 5.02 Å². The van der Waals surface area contributed by atoms with Crippen LogP contribution in [0.5, 0.6) is 5.75 Å². The Morgan fingerprint density at radius 2 is 1.65 bits per heavy atom. The van der Waals surface area contributed by atoms with Crippen molar-refractivity contribution >= 4 is 52.4 Å². The van der Waals surface area contributed by atoms with E-state index in [1.165, 1.54) is 0 Å². The van der Waals surface area contributed by atoms with E-state index < -0.39 is 17.9 Å². The Balaban J connectivity index is 0.753. The number of halogens is 1. The molecule has 1 atom stereocenters. The molecular formula is C43H47ClN8O5. The monoisotopic (exact) mass is 790 g/mol. The van der Waals surface area contributed by atoms with Crippen molar-refractivity contribution in [2.24, 2.45) is 5.92 Å². The number of piperidine rings is 2. The third kappa shape index (κ3) is 8.34. The Bertz CT molecular complexity index is 2100. The summed E-state index contributed by atoms with van der Waals surface area (Å²) in [6, 6.07) is 13.7. The molecular weight excluding hydrogens is 744 g/mol. The Hall–Kier alpha value is -5.45. The predicted octanol–water partition coefficient (Wildman–Crippen LogP) is 5.83. The quantitative estimate of drug-likeness (QED) is 0.203. The van der Waals surface area contributed by atoms with Crippen LogP contribution in [0.4, 0.5) is 17.2 Å². The molecule has 14 heteroatoms. The van der Waals surface area contributed by atoms with E-state index in [-0.39, 0.29) is 24.0 Å². The van der Waals surface area contributed by atoms with E-state index >= 15 is 0 Å². The number of amides is 4. The summed E-state index contributed by atoms with van der Waals surface area (Å²) in [6.45, 7) is 17.3. The number of allylic oxidation sites excluding steroid dienone is 1. The standard InChI is InChI=1S/C43H47ClN8O5/c1-27-3-13-38(41(54)47-27)52-42(55)34-11-7-31(23-35(34)43(52)56)50-21-19-49(20-22-50)26-28-15-17-51(18-16-28)39-14-4-29(25-46-39)40(53)48-30-5-8-32(9-6-30)57-33-10-12-37(45-2)36(44)24-33/h4,7,10-12,14,23-25,28,30,32,38H,1,3,5-6,8-9,13,15-22,26H2,(H,47,54)(H,48,53). The summed E-state index contributed by atoms with van der Waals surface area (Å²) in [5.41, 5.74) is 3.22. The SMILES string of the molecule is [C-]#[N+]c1ccc(OC2CCC(NC(=O)c3ccc(N4CCC(CN5CCN(c6ccc7c(c6)C(=O)N(C6CCC(=C)NC6=O)C7=O)CC5)CC4)nc3)CC2)cc1Cl. The molecule has 4 fully saturated rings. The Morgan fingerprint density at radius 1 is 0.895 bits per heavy atom. The van der Waals surface area contributed by atoms with E-state index in [0.29, 0.717) is 57.6 Å². The van der Waals surface area contributed by atoms with E-state index in [1.807, 2.05) is 24.3 Å². The van der Waals surface area contributed by atoms with E-state index in [1.54, 1.807) is 30.5 Å². The summed E-state index contributed by atoms with van der Waals surface area (Å²) >= 11 is 6.16. The smallest absolute Gasteiger partial charge is 0.262 e. The molecule has 1 aliphatic carbocycles. The molecule has 4 amide bonds. The summed E-state index contributed by atoms with van der Waals surface area (Å²) in [5.74, 6) is 0.861. The first kappa shape index (κ1) is 38.4. The summed E-state index contributed by atoms with van der Waals surface area (Å²) in [6.07, 6.45) is 8.06. The number of anilines is 2. The van der Waals surface area contributed by atoms with E-state index in [4.69, 9.17) is 22.9 Å². The van der Waals surface area contributed by atoms with Gasteiger partial charge in [-0.15, -0.1) is 0 Å². The molecule has 3 saturated heterocycles. The van der Waals surface area contributed by atoms with Crippen molar-refractivity contribution < 1.29 is 23.9 Å². The molecule has 5 heterocycles. The van der Waals surface area contributed by atoms with Gasteiger partial charge in [-0.2, -0.15) is 0 Å². The maximum Gasteiger partial charge on any atom is 0.262 e. The number of fused-ring (bicyclic) bond motifs is 1. The van der Waals surface area contributed by atoms with Gasteiger partial charge in [-0.05, 0) is 99.7 Å². The van der Waals surface area contributed by atoms with Gasteiger partial charge in [0.25, 0.3) is 17.7 Å². The lowest BCUT2D eigenvalue weighted by atomic mass is 9.92. The number of piperazine rings is 1. The molecule has 1 saturated carbocycles. The minimum Gasteiger partial charge on any atom is -0.490 e. The van der Waals surface area contributed by atoms with Gasteiger partial charge in [0, 0.05) is 69.4 Å². The van der Waals surface area contributed by atoms with Gasteiger partial charge < -0.3 is 25.2 Å². The minimum absolute atomic E-state index is 0.0441. The summed E-state index contributed by atoms with van der Waals surface area (Å²) in [4.78, 5) is 68.5. The third-order valence-electron chi connectivity index (χ3n) is 12.1. The topological polar surface area (TPSA) is 132 Å². The first-order valence-corrected chi connectivity index (χ1v) is 20.3. The highest BCUT2D eigenvalue weighted by Gasteiger charge is 2.44. The normalized spacial score (nSPS) is 23.2. The zero-order valence-corrected chi connectivity index (χ0v) is 32.7. The van der Waals surface area contributed by atoms with Crippen molar-refractivity contribution in [3.05, 3.63) is 100 Å². The van der Waals surface area contributed by atoms with Crippen molar-refractivity contribution in [1.29, 1.82) is 0 Å². The van der Waals surface area contributed by atoms with Crippen molar-refractivity contribution in [3.8, 4) is 5.75 Å². The molecule has 2 N–H and O–H groups in total. The van der Waals surface area contributed by atoms with Gasteiger partial charge in [0.1, 0.15) is 17.6 Å². The fourth-order valence-corrected chi connectivity index (χ4v) is 8.99. The van der Waals surface area contributed by atoms with Gasteiger partial charge >= 0.3 is 0 Å². The number of ether oxygens (including phenoxy) is 1. The second-order valence-electron chi connectivity index (χ2n) is 15.8. The fourth-order valence-electron chi connectivity index (χ4n) is 8.78. The van der Waals surface area contributed by atoms with Crippen LogP contribution in [-0.4, -0.2) is 102 Å². The number of hydrogen-bond acceptors (Lipinski definition) is 9. The molecule has 1 aromatic heterocycles. The largest absolute Gasteiger partial charge is 0.490 e. The Labute approximate surface area is 337 Å². The van der Waals surface area contributed by atoms with Gasteiger partial charge in [-0.25, -0.2) is 9.83 Å². The maximum absolute atomic E-state index is 13.4. The van der Waals surface area contributed by atoms with Crippen molar-refractivity contribution in [2.45, 2.75) is 69.6 Å². The van der Waals surface area contributed by atoms with E-state index in [2.05, 4.69) is 41.7 Å². The number of imide groups is 1. The van der Waals surface area contributed by atoms with Gasteiger partial charge in [-0.3, -0.25) is 29.0 Å². The van der Waals surface area contributed by atoms with Crippen LogP contribution in [0.1, 0.15) is 82.4 Å². The van der Waals surface area contributed by atoms with Crippen LogP contribution in [0, 0.1) is 12.5 Å². The summed E-state index contributed by atoms with van der Waals surface area (Å²) in [5, 5.41) is 6.25. The highest BCUT2D eigenvalue weighted by molar-refractivity contribution is 6.33. The fraction of sp³-hybridized carbons (Fsp3) is 0.442. The second-order valence-corrected chi connectivity index (χ2v) is 16.2. The number of carbonyl (C=O) groups excluding carboxylic acids is 4. The molecule has 5 aliphatic rings. The maximum atomic E-state index is 13.4. The van der Waals surface area contributed by atoms with E-state index in [0.717, 1.165) is 101 Å². The van der Waals surface area contributed by atoms with Crippen LogP contribution < -0.4 is 25.2 Å². The molecule has 296 valence electrons. The second kappa shape index (κ2) is 16.6. The van der Waals surface area contributed by atoms with Crippen LogP contribution in [-0.2, 0) is 4.79 Å². The number of pyridine rings is 1. The Kier molecular flexibility index (Phi) is 11.2. The number of nitrogens with zero attached hydrogens (tertiary/aromatic N) is 6. The highest BCUT2D eigenvalue weighted by Crippen LogP contribution is 2.33. The third-order valence-corrected chi connectivity index (χ3v) is 12.4. The first-order chi connectivity index (χ1) is 27.6. The zero-order valence-electron chi connectivity index (χ0n) is 31.9. The molecule has 3 aromatic rings. The first-order valence-electron chi connectivity index (χ1n) is 20.0. The number of carbonyl (C=O) groups is 4. The van der Waals surface area contributed by atoms with Crippen molar-refractivity contribution in [2.75, 3.05) is 55.6 Å². The van der Waals surface area contributed by atoms with Crippen molar-refractivity contribution in [1.82, 2.24) is 25.4 Å². The van der Waals surface area contributed by atoms with Gasteiger partial charge in [0.05, 0.1) is 34.4 Å². The number of aromatic nitrogens is 1. The number of hydrogen-bond donors (Lipinski definition) is 2. The minimum atomic E-state index is -0.814. The van der Waals surface area contributed by atoms with Gasteiger partial charge in [0.2, 0.25) is 11.6 Å². The lowest BCUT2D eigenvalue weighted by molar-refractivity contribution is -0.125. The van der Waals surface area contributed by atoms with Gasteiger partial charge in [0.15, 0.2) is 0 Å². The molecule has 4 aliphatic heterocycles. The molecule has 0 radical (unpaired) electrons. The molecule has 0 bridgehead atoms. The molecule has 1 unspecified atom stereocenters. The average Bonchev–Trinajstić information content (AvgIpc) is 3.47. The molecule has 13 nitrogen and oxygen atoms in total. The highest BCUT2D eigenvalue weighted by atomic mass is 35.5.